The third kappa shape index (κ3) is 4.68. The molecule has 0 aliphatic rings. The fourth-order valence-electron chi connectivity index (χ4n) is 2.62. The van der Waals surface area contributed by atoms with Gasteiger partial charge in [0.2, 0.25) is 0 Å². The van der Waals surface area contributed by atoms with E-state index in [0.29, 0.717) is 29.4 Å². The molecule has 0 aliphatic heterocycles. The predicted molar refractivity (Wildman–Crippen MR) is 105 cm³/mol. The van der Waals surface area contributed by atoms with E-state index in [9.17, 15) is 4.79 Å². The molecule has 140 valence electrons. The van der Waals surface area contributed by atoms with E-state index in [1.54, 1.807) is 37.1 Å². The van der Waals surface area contributed by atoms with E-state index in [0.717, 1.165) is 23.7 Å². The third-order valence-electron chi connectivity index (χ3n) is 4.05. The largest absolute Gasteiger partial charge is 0.493 e. The molecule has 0 unspecified atom stereocenters. The molecule has 0 saturated heterocycles. The quantitative estimate of drug-likeness (QED) is 0.321. The highest BCUT2D eigenvalue weighted by atomic mass is 32.2. The molecule has 0 aliphatic carbocycles. The van der Waals surface area contributed by atoms with Gasteiger partial charge in [-0.2, -0.15) is 0 Å². The first-order chi connectivity index (χ1) is 13.2. The van der Waals surface area contributed by atoms with Crippen LogP contribution in [0.15, 0.2) is 53.7 Å². The van der Waals surface area contributed by atoms with Crippen LogP contribution in [0.1, 0.15) is 21.7 Å². The lowest BCUT2D eigenvalue weighted by Gasteiger charge is -2.12. The van der Waals surface area contributed by atoms with E-state index in [2.05, 4.69) is 22.3 Å². The Kier molecular flexibility index (Phi) is 6.49. The molecular formula is C20H21N3O3S. The second-order valence-electron chi connectivity index (χ2n) is 5.81. The van der Waals surface area contributed by atoms with Crippen molar-refractivity contribution in [3.63, 3.8) is 0 Å². The van der Waals surface area contributed by atoms with Crippen molar-refractivity contribution in [2.24, 2.45) is 7.05 Å². The lowest BCUT2D eigenvalue weighted by atomic mass is 10.1. The first-order valence-corrected chi connectivity index (χ1v) is 9.51. The van der Waals surface area contributed by atoms with E-state index in [1.807, 2.05) is 29.8 Å². The van der Waals surface area contributed by atoms with Gasteiger partial charge in [-0.25, -0.2) is 0 Å². The fraction of sp³-hybridized carbons (Fsp3) is 0.250. The monoisotopic (exact) mass is 383 g/mol. The highest BCUT2D eigenvalue weighted by Gasteiger charge is 2.12. The molecule has 0 radical (unpaired) electrons. The number of benzene rings is 2. The number of hydrogen-bond donors (Lipinski definition) is 0. The number of rotatable bonds is 9. The summed E-state index contributed by atoms with van der Waals surface area (Å²) in [6, 6.07) is 15.4. The van der Waals surface area contributed by atoms with E-state index >= 15 is 0 Å². The van der Waals surface area contributed by atoms with Crippen LogP contribution in [0.5, 0.6) is 11.5 Å². The number of carbonyl (C=O) groups excluding carboxylic acids is 1. The SMILES string of the molecule is COc1cccc(C=O)c1OCCSc1nnc(Cc2ccccc2)n1C. The van der Waals surface area contributed by atoms with Crippen LogP contribution in [-0.2, 0) is 13.5 Å². The van der Waals surface area contributed by atoms with Gasteiger partial charge >= 0.3 is 0 Å². The fourth-order valence-corrected chi connectivity index (χ4v) is 3.37. The summed E-state index contributed by atoms with van der Waals surface area (Å²) in [5.41, 5.74) is 1.67. The second-order valence-corrected chi connectivity index (χ2v) is 6.88. The molecule has 0 N–H and O–H groups in total. The summed E-state index contributed by atoms with van der Waals surface area (Å²) in [6.07, 6.45) is 1.51. The molecule has 1 aromatic heterocycles. The molecule has 0 saturated carbocycles. The van der Waals surface area contributed by atoms with Gasteiger partial charge in [0, 0.05) is 19.2 Å². The molecule has 1 heterocycles. The van der Waals surface area contributed by atoms with E-state index in [-0.39, 0.29) is 0 Å². The molecule has 27 heavy (non-hydrogen) atoms. The van der Waals surface area contributed by atoms with Crippen LogP contribution in [0.2, 0.25) is 0 Å². The Hall–Kier alpha value is -2.80. The summed E-state index contributed by atoms with van der Waals surface area (Å²) in [7, 11) is 3.52. The summed E-state index contributed by atoms with van der Waals surface area (Å²) in [5.74, 6) is 2.61. The normalized spacial score (nSPS) is 10.6. The van der Waals surface area contributed by atoms with Gasteiger partial charge in [-0.05, 0) is 17.7 Å². The van der Waals surface area contributed by atoms with Gasteiger partial charge in [0.25, 0.3) is 0 Å². The standard InChI is InChI=1S/C20H21N3O3S/c1-23-18(13-15-7-4-3-5-8-15)21-22-20(23)27-12-11-26-19-16(14-24)9-6-10-17(19)25-2/h3-10,14H,11-13H2,1-2H3. The highest BCUT2D eigenvalue weighted by Crippen LogP contribution is 2.30. The van der Waals surface area contributed by atoms with Gasteiger partial charge in [0.05, 0.1) is 19.3 Å². The molecule has 0 bridgehead atoms. The molecular weight excluding hydrogens is 362 g/mol. The van der Waals surface area contributed by atoms with Gasteiger partial charge in [-0.1, -0.05) is 48.2 Å². The number of carbonyl (C=O) groups is 1. The van der Waals surface area contributed by atoms with Crippen molar-refractivity contribution in [3.8, 4) is 11.5 Å². The minimum atomic E-state index is 0.423. The van der Waals surface area contributed by atoms with Crippen LogP contribution < -0.4 is 9.47 Å². The zero-order valence-electron chi connectivity index (χ0n) is 15.3. The van der Waals surface area contributed by atoms with Gasteiger partial charge in [-0.15, -0.1) is 10.2 Å². The number of methoxy groups -OCH3 is 1. The Morgan fingerprint density at radius 3 is 2.67 bits per heavy atom. The summed E-state index contributed by atoms with van der Waals surface area (Å²) >= 11 is 1.56. The molecule has 6 nitrogen and oxygen atoms in total. The second kappa shape index (κ2) is 9.23. The first-order valence-electron chi connectivity index (χ1n) is 8.53. The van der Waals surface area contributed by atoms with E-state index in [1.165, 1.54) is 5.56 Å². The van der Waals surface area contributed by atoms with Gasteiger partial charge in [0.15, 0.2) is 22.9 Å². The minimum Gasteiger partial charge on any atom is -0.493 e. The Balaban J connectivity index is 1.57. The number of thioether (sulfide) groups is 1. The van der Waals surface area contributed by atoms with Crippen LogP contribution in [0.4, 0.5) is 0 Å². The number of aldehydes is 1. The summed E-state index contributed by atoms with van der Waals surface area (Å²) in [4.78, 5) is 11.2. The third-order valence-corrected chi connectivity index (χ3v) is 5.03. The molecule has 3 aromatic rings. The van der Waals surface area contributed by atoms with Crippen molar-refractivity contribution in [1.29, 1.82) is 0 Å². The van der Waals surface area contributed by atoms with Crippen LogP contribution in [0, 0.1) is 0 Å². The van der Waals surface area contributed by atoms with Crippen molar-refractivity contribution >= 4 is 18.0 Å². The van der Waals surface area contributed by atoms with Crippen LogP contribution in [-0.4, -0.2) is 40.5 Å². The maximum atomic E-state index is 11.2. The Morgan fingerprint density at radius 2 is 1.93 bits per heavy atom. The maximum absolute atomic E-state index is 11.2. The van der Waals surface area contributed by atoms with Crippen molar-refractivity contribution in [3.05, 3.63) is 65.5 Å². The lowest BCUT2D eigenvalue weighted by molar-refractivity contribution is 0.111. The van der Waals surface area contributed by atoms with Gasteiger partial charge < -0.3 is 14.0 Å². The van der Waals surface area contributed by atoms with Crippen molar-refractivity contribution in [1.82, 2.24) is 14.8 Å². The Labute approximate surface area is 162 Å². The zero-order valence-corrected chi connectivity index (χ0v) is 16.1. The predicted octanol–water partition coefficient (Wildman–Crippen LogP) is 3.40. The summed E-state index contributed by atoms with van der Waals surface area (Å²) < 4.78 is 13.0. The van der Waals surface area contributed by atoms with Gasteiger partial charge in [0.1, 0.15) is 5.82 Å². The minimum absolute atomic E-state index is 0.423. The number of ether oxygens (including phenoxy) is 2. The van der Waals surface area contributed by atoms with Crippen molar-refractivity contribution < 1.29 is 14.3 Å². The molecule has 0 fully saturated rings. The average molecular weight is 383 g/mol. The van der Waals surface area contributed by atoms with Crippen LogP contribution in [0.25, 0.3) is 0 Å². The smallest absolute Gasteiger partial charge is 0.191 e. The van der Waals surface area contributed by atoms with E-state index in [4.69, 9.17) is 9.47 Å². The summed E-state index contributed by atoms with van der Waals surface area (Å²) in [5, 5.41) is 9.38. The van der Waals surface area contributed by atoms with Gasteiger partial charge in [-0.3, -0.25) is 4.79 Å². The number of hydrogen-bond acceptors (Lipinski definition) is 6. The molecule has 0 spiro atoms. The zero-order chi connectivity index (χ0) is 19.1. The molecule has 0 atom stereocenters. The molecule has 0 amide bonds. The number of para-hydroxylation sites is 1. The Morgan fingerprint density at radius 1 is 1.11 bits per heavy atom. The summed E-state index contributed by atoms with van der Waals surface area (Å²) in [6.45, 7) is 0.423. The lowest BCUT2D eigenvalue weighted by Crippen LogP contribution is -2.05. The van der Waals surface area contributed by atoms with Crippen LogP contribution in [0.3, 0.4) is 0 Å². The topological polar surface area (TPSA) is 66.2 Å². The maximum Gasteiger partial charge on any atom is 0.191 e. The molecule has 2 aromatic carbocycles. The van der Waals surface area contributed by atoms with Crippen molar-refractivity contribution in [2.45, 2.75) is 11.6 Å². The van der Waals surface area contributed by atoms with Crippen molar-refractivity contribution in [2.75, 3.05) is 19.5 Å². The number of aromatic nitrogens is 3. The van der Waals surface area contributed by atoms with E-state index < -0.39 is 0 Å². The highest BCUT2D eigenvalue weighted by molar-refractivity contribution is 7.99. The Bertz CT molecular complexity index is 897. The average Bonchev–Trinajstić information content (AvgIpc) is 3.05. The number of nitrogens with zero attached hydrogens (tertiary/aromatic N) is 3. The first kappa shape index (κ1) is 19.0. The molecule has 3 rings (SSSR count). The van der Waals surface area contributed by atoms with Crippen LogP contribution >= 0.6 is 11.8 Å². The molecule has 7 heteroatoms.